The standard InChI is InChI=1S/C27H27FN2O/c1-2-14-30(26-18-21-8-3-4-9-22(21)19-26)15-13-20-7-5-12-25(16-20)29-27(31)23-10-6-11-24(28)17-23/h3-12,16-18H,2,13-15,19H2,1H3,(H,29,31). The number of rotatable bonds is 8. The third-order valence-electron chi connectivity index (χ3n) is 5.59. The third kappa shape index (κ3) is 5.21. The molecule has 1 aliphatic carbocycles. The number of halogens is 1. The maximum Gasteiger partial charge on any atom is 0.255 e. The van der Waals surface area contributed by atoms with Crippen molar-refractivity contribution in [2.45, 2.75) is 26.2 Å². The van der Waals surface area contributed by atoms with Crippen molar-refractivity contribution in [1.29, 1.82) is 0 Å². The van der Waals surface area contributed by atoms with E-state index in [-0.39, 0.29) is 5.91 Å². The maximum absolute atomic E-state index is 13.4. The first-order valence-corrected chi connectivity index (χ1v) is 10.8. The van der Waals surface area contributed by atoms with Crippen molar-refractivity contribution in [1.82, 2.24) is 4.90 Å². The fourth-order valence-electron chi connectivity index (χ4n) is 4.04. The van der Waals surface area contributed by atoms with E-state index in [0.29, 0.717) is 5.56 Å². The summed E-state index contributed by atoms with van der Waals surface area (Å²) >= 11 is 0. The predicted molar refractivity (Wildman–Crippen MR) is 124 cm³/mol. The van der Waals surface area contributed by atoms with Gasteiger partial charge in [-0.3, -0.25) is 4.79 Å². The van der Waals surface area contributed by atoms with E-state index < -0.39 is 5.82 Å². The molecule has 1 aliphatic rings. The van der Waals surface area contributed by atoms with Crippen LogP contribution in [0.1, 0.15) is 40.4 Å². The number of anilines is 1. The molecule has 3 aromatic carbocycles. The molecule has 0 spiro atoms. The van der Waals surface area contributed by atoms with Gasteiger partial charge >= 0.3 is 0 Å². The molecule has 1 N–H and O–H groups in total. The van der Waals surface area contributed by atoms with Crippen LogP contribution in [0.4, 0.5) is 10.1 Å². The van der Waals surface area contributed by atoms with Crippen molar-refractivity contribution in [3.8, 4) is 0 Å². The van der Waals surface area contributed by atoms with Crippen LogP contribution in [0.15, 0.2) is 78.5 Å². The molecule has 0 saturated carbocycles. The highest BCUT2D eigenvalue weighted by Crippen LogP contribution is 2.27. The SMILES string of the molecule is CCCN(CCc1cccc(NC(=O)c2cccc(F)c2)c1)C1=Cc2ccccc2C1. The van der Waals surface area contributed by atoms with Crippen molar-refractivity contribution >= 4 is 17.7 Å². The molecule has 1 amide bonds. The van der Waals surface area contributed by atoms with Gasteiger partial charge in [0, 0.05) is 36.5 Å². The largest absolute Gasteiger partial charge is 0.374 e. The minimum absolute atomic E-state index is 0.307. The topological polar surface area (TPSA) is 32.3 Å². The number of nitrogens with one attached hydrogen (secondary N) is 1. The normalized spacial score (nSPS) is 12.3. The summed E-state index contributed by atoms with van der Waals surface area (Å²) in [6, 6.07) is 22.2. The lowest BCUT2D eigenvalue weighted by molar-refractivity contribution is 0.102. The molecular weight excluding hydrogens is 387 g/mol. The van der Waals surface area contributed by atoms with Crippen LogP contribution in [-0.4, -0.2) is 23.9 Å². The molecular formula is C27H27FN2O. The highest BCUT2D eigenvalue weighted by atomic mass is 19.1. The van der Waals surface area contributed by atoms with Gasteiger partial charge in [0.15, 0.2) is 0 Å². The Balaban J connectivity index is 1.40. The van der Waals surface area contributed by atoms with Crippen LogP contribution < -0.4 is 5.32 Å². The van der Waals surface area contributed by atoms with Gasteiger partial charge in [-0.05, 0) is 65.9 Å². The van der Waals surface area contributed by atoms with Crippen molar-refractivity contribution in [3.05, 3.63) is 107 Å². The van der Waals surface area contributed by atoms with E-state index in [1.807, 2.05) is 18.2 Å². The lowest BCUT2D eigenvalue weighted by atomic mass is 10.1. The number of amides is 1. The van der Waals surface area contributed by atoms with Gasteiger partial charge in [0.25, 0.3) is 5.91 Å². The molecule has 31 heavy (non-hydrogen) atoms. The van der Waals surface area contributed by atoms with Crippen molar-refractivity contribution in [2.75, 3.05) is 18.4 Å². The molecule has 3 aromatic rings. The summed E-state index contributed by atoms with van der Waals surface area (Å²) in [5, 5.41) is 2.88. The molecule has 0 radical (unpaired) electrons. The monoisotopic (exact) mass is 414 g/mol. The smallest absolute Gasteiger partial charge is 0.255 e. The Morgan fingerprint density at radius 3 is 2.65 bits per heavy atom. The molecule has 0 heterocycles. The van der Waals surface area contributed by atoms with Crippen LogP contribution in [-0.2, 0) is 12.8 Å². The fourth-order valence-corrected chi connectivity index (χ4v) is 4.04. The van der Waals surface area contributed by atoms with Crippen molar-refractivity contribution in [2.24, 2.45) is 0 Å². The number of carbonyl (C=O) groups is 1. The molecule has 0 saturated heterocycles. The van der Waals surface area contributed by atoms with E-state index >= 15 is 0 Å². The quantitative estimate of drug-likeness (QED) is 0.495. The van der Waals surface area contributed by atoms with E-state index in [1.54, 1.807) is 12.1 Å². The zero-order valence-corrected chi connectivity index (χ0v) is 17.8. The first-order chi connectivity index (χ1) is 15.1. The lowest BCUT2D eigenvalue weighted by Crippen LogP contribution is -2.26. The van der Waals surface area contributed by atoms with Gasteiger partial charge in [-0.1, -0.05) is 49.4 Å². The minimum Gasteiger partial charge on any atom is -0.374 e. The van der Waals surface area contributed by atoms with E-state index in [0.717, 1.165) is 43.6 Å². The molecule has 0 aliphatic heterocycles. The second-order valence-electron chi connectivity index (χ2n) is 7.91. The van der Waals surface area contributed by atoms with E-state index in [4.69, 9.17) is 0 Å². The summed E-state index contributed by atoms with van der Waals surface area (Å²) in [5.74, 6) is -0.723. The van der Waals surface area contributed by atoms with Crippen LogP contribution in [0.2, 0.25) is 0 Å². The molecule has 4 heteroatoms. The average Bonchev–Trinajstić information content (AvgIpc) is 3.21. The van der Waals surface area contributed by atoms with Crippen LogP contribution in [0.25, 0.3) is 6.08 Å². The van der Waals surface area contributed by atoms with Gasteiger partial charge in [0.05, 0.1) is 0 Å². The number of carbonyl (C=O) groups excluding carboxylic acids is 1. The predicted octanol–water partition coefficient (Wildman–Crippen LogP) is 5.93. The first kappa shape index (κ1) is 20.9. The Bertz CT molecular complexity index is 1110. The highest BCUT2D eigenvalue weighted by Gasteiger charge is 2.17. The molecule has 0 unspecified atom stereocenters. The minimum atomic E-state index is -0.416. The van der Waals surface area contributed by atoms with Crippen molar-refractivity contribution < 1.29 is 9.18 Å². The number of nitrogens with zero attached hydrogens (tertiary/aromatic N) is 1. The Hall–Kier alpha value is -3.40. The van der Waals surface area contributed by atoms with E-state index in [1.165, 1.54) is 29.0 Å². The first-order valence-electron chi connectivity index (χ1n) is 10.8. The number of allylic oxidation sites excluding steroid dienone is 1. The van der Waals surface area contributed by atoms with Gasteiger partial charge < -0.3 is 10.2 Å². The number of hydrogen-bond acceptors (Lipinski definition) is 2. The van der Waals surface area contributed by atoms with Crippen LogP contribution in [0, 0.1) is 5.82 Å². The molecule has 4 rings (SSSR count). The highest BCUT2D eigenvalue weighted by molar-refractivity contribution is 6.04. The molecule has 0 bridgehead atoms. The average molecular weight is 415 g/mol. The van der Waals surface area contributed by atoms with Gasteiger partial charge in [-0.15, -0.1) is 0 Å². The van der Waals surface area contributed by atoms with Crippen molar-refractivity contribution in [3.63, 3.8) is 0 Å². The fraction of sp³-hybridized carbons (Fsp3) is 0.222. The lowest BCUT2D eigenvalue weighted by Gasteiger charge is -2.26. The van der Waals surface area contributed by atoms with E-state index in [2.05, 4.69) is 53.5 Å². The van der Waals surface area contributed by atoms with Gasteiger partial charge in [-0.2, -0.15) is 0 Å². The number of hydrogen-bond donors (Lipinski definition) is 1. The maximum atomic E-state index is 13.4. The van der Waals surface area contributed by atoms with Crippen LogP contribution in [0.3, 0.4) is 0 Å². The summed E-state index contributed by atoms with van der Waals surface area (Å²) < 4.78 is 13.4. The number of fused-ring (bicyclic) bond motifs is 1. The Morgan fingerprint density at radius 1 is 1.00 bits per heavy atom. The molecule has 0 aromatic heterocycles. The van der Waals surface area contributed by atoms with E-state index in [9.17, 15) is 9.18 Å². The van der Waals surface area contributed by atoms with Crippen LogP contribution >= 0.6 is 0 Å². The van der Waals surface area contributed by atoms with Gasteiger partial charge in [0.2, 0.25) is 0 Å². The van der Waals surface area contributed by atoms with Crippen LogP contribution in [0.5, 0.6) is 0 Å². The summed E-state index contributed by atoms with van der Waals surface area (Å²) in [7, 11) is 0. The summed E-state index contributed by atoms with van der Waals surface area (Å²) in [4.78, 5) is 14.9. The summed E-state index contributed by atoms with van der Waals surface area (Å²) in [6.07, 6.45) is 5.27. The second kappa shape index (κ2) is 9.61. The second-order valence-corrected chi connectivity index (χ2v) is 7.91. The Labute approximate surface area is 183 Å². The molecule has 3 nitrogen and oxygen atoms in total. The Kier molecular flexibility index (Phi) is 6.46. The summed E-state index contributed by atoms with van der Waals surface area (Å²) in [5.41, 5.74) is 6.28. The molecule has 0 fully saturated rings. The molecule has 0 atom stereocenters. The summed E-state index contributed by atoms with van der Waals surface area (Å²) in [6.45, 7) is 4.16. The molecule has 158 valence electrons. The third-order valence-corrected chi connectivity index (χ3v) is 5.59. The number of benzene rings is 3. The van der Waals surface area contributed by atoms with Gasteiger partial charge in [0.1, 0.15) is 5.82 Å². The zero-order chi connectivity index (χ0) is 21.6. The van der Waals surface area contributed by atoms with Gasteiger partial charge in [-0.25, -0.2) is 4.39 Å². The zero-order valence-electron chi connectivity index (χ0n) is 17.8. The Morgan fingerprint density at radius 2 is 1.84 bits per heavy atom.